The minimum absolute atomic E-state index is 0.507. The first-order valence-corrected chi connectivity index (χ1v) is 6.74. The molecule has 1 aromatic rings. The summed E-state index contributed by atoms with van der Waals surface area (Å²) in [4.78, 5) is 0. The third-order valence-electron chi connectivity index (χ3n) is 2.16. The largest absolute Gasteiger partial charge is 0.360 e. The lowest BCUT2D eigenvalue weighted by Crippen LogP contribution is -2.30. The molecule has 2 N–H and O–H groups in total. The van der Waals surface area contributed by atoms with Gasteiger partial charge in [0, 0.05) is 10.5 Å². The molecule has 16 heavy (non-hydrogen) atoms. The van der Waals surface area contributed by atoms with Gasteiger partial charge in [0.15, 0.2) is 5.11 Å². The van der Waals surface area contributed by atoms with Crippen molar-refractivity contribution in [1.29, 1.82) is 0 Å². The molecule has 2 rings (SSSR count). The number of hydrogen-bond acceptors (Lipinski definition) is 1. The zero-order valence-electron chi connectivity index (χ0n) is 8.19. The third-order valence-corrected chi connectivity index (χ3v) is 3.43. The van der Waals surface area contributed by atoms with Crippen molar-refractivity contribution >= 4 is 62.1 Å². The molecule has 0 bridgehead atoms. The highest BCUT2D eigenvalue weighted by Gasteiger charge is 2.22. The summed E-state index contributed by atoms with van der Waals surface area (Å²) in [5.41, 5.74) is 0.643. The molecule has 0 heterocycles. The normalized spacial score (nSPS) is 14.7. The Morgan fingerprint density at radius 2 is 1.88 bits per heavy atom. The van der Waals surface area contributed by atoms with Crippen LogP contribution in [0.3, 0.4) is 0 Å². The molecule has 0 atom stereocenters. The monoisotopic (exact) mass is 338 g/mol. The molecule has 86 valence electrons. The quantitative estimate of drug-likeness (QED) is 0.789. The number of benzene rings is 1. The molecule has 0 saturated heterocycles. The summed E-state index contributed by atoms with van der Waals surface area (Å²) in [6.07, 6.45) is 2.34. The highest BCUT2D eigenvalue weighted by Crippen LogP contribution is 2.33. The van der Waals surface area contributed by atoms with Gasteiger partial charge in [-0.15, -0.1) is 0 Å². The summed E-state index contributed by atoms with van der Waals surface area (Å²) < 4.78 is 0.842. The van der Waals surface area contributed by atoms with Crippen molar-refractivity contribution in [3.8, 4) is 0 Å². The molecule has 0 radical (unpaired) electrons. The number of nitrogens with one attached hydrogen (secondary N) is 2. The van der Waals surface area contributed by atoms with Crippen LogP contribution in [0.2, 0.25) is 10.0 Å². The summed E-state index contributed by atoms with van der Waals surface area (Å²) in [5.74, 6) is 0. The van der Waals surface area contributed by atoms with E-state index in [9.17, 15) is 0 Å². The van der Waals surface area contributed by atoms with E-state index in [1.807, 2.05) is 0 Å². The standard InChI is InChI=1S/C10H9BrCl2N2S/c11-5-3-7(12)9(8(13)4-5)15-10(16)14-6-1-2-6/h3-4,6H,1-2H2,(H2,14,15,16). The van der Waals surface area contributed by atoms with E-state index >= 15 is 0 Å². The molecule has 0 aromatic heterocycles. The van der Waals surface area contributed by atoms with Crippen molar-refractivity contribution in [2.24, 2.45) is 0 Å². The Bertz CT molecular complexity index is 412. The average Bonchev–Trinajstić information content (AvgIpc) is 2.95. The second kappa shape index (κ2) is 5.08. The molecule has 1 aliphatic rings. The van der Waals surface area contributed by atoms with Crippen LogP contribution in [0.25, 0.3) is 0 Å². The lowest BCUT2D eigenvalue weighted by Gasteiger charge is -2.12. The molecule has 0 spiro atoms. The summed E-state index contributed by atoms with van der Waals surface area (Å²) in [7, 11) is 0. The number of rotatable bonds is 2. The fourth-order valence-electron chi connectivity index (χ4n) is 1.22. The number of anilines is 1. The second-order valence-electron chi connectivity index (χ2n) is 3.62. The fourth-order valence-corrected chi connectivity index (χ4v) is 2.80. The molecule has 0 amide bonds. The summed E-state index contributed by atoms with van der Waals surface area (Å²) in [6, 6.07) is 4.05. The van der Waals surface area contributed by atoms with Crippen LogP contribution in [0.1, 0.15) is 12.8 Å². The van der Waals surface area contributed by atoms with Gasteiger partial charge in [-0.2, -0.15) is 0 Å². The number of halogens is 3. The summed E-state index contributed by atoms with van der Waals surface area (Å²) in [5, 5.41) is 7.82. The highest BCUT2D eigenvalue weighted by atomic mass is 79.9. The molecule has 0 unspecified atom stereocenters. The van der Waals surface area contributed by atoms with E-state index in [4.69, 9.17) is 35.4 Å². The first kappa shape index (κ1) is 12.4. The zero-order chi connectivity index (χ0) is 11.7. The van der Waals surface area contributed by atoms with Crippen LogP contribution in [0.4, 0.5) is 5.69 Å². The lowest BCUT2D eigenvalue weighted by atomic mass is 10.3. The molecule has 0 aliphatic heterocycles. The van der Waals surface area contributed by atoms with E-state index in [0.29, 0.717) is 26.9 Å². The molecule has 1 aromatic carbocycles. The van der Waals surface area contributed by atoms with Crippen molar-refractivity contribution in [3.63, 3.8) is 0 Å². The van der Waals surface area contributed by atoms with Gasteiger partial charge in [-0.25, -0.2) is 0 Å². The second-order valence-corrected chi connectivity index (χ2v) is 5.76. The first-order valence-electron chi connectivity index (χ1n) is 4.78. The van der Waals surface area contributed by atoms with E-state index < -0.39 is 0 Å². The molecule has 6 heteroatoms. The zero-order valence-corrected chi connectivity index (χ0v) is 12.1. The fraction of sp³-hybridized carbons (Fsp3) is 0.300. The van der Waals surface area contributed by atoms with Gasteiger partial charge >= 0.3 is 0 Å². The van der Waals surface area contributed by atoms with E-state index in [0.717, 1.165) is 4.47 Å². The van der Waals surface area contributed by atoms with Gasteiger partial charge in [0.25, 0.3) is 0 Å². The van der Waals surface area contributed by atoms with E-state index in [2.05, 4.69) is 26.6 Å². The first-order chi connectivity index (χ1) is 7.56. The van der Waals surface area contributed by atoms with Gasteiger partial charge in [-0.05, 0) is 37.2 Å². The minimum Gasteiger partial charge on any atom is -0.360 e. The lowest BCUT2D eigenvalue weighted by molar-refractivity contribution is 0.919. The number of thiocarbonyl (C=S) groups is 1. The van der Waals surface area contributed by atoms with Crippen LogP contribution in [0.15, 0.2) is 16.6 Å². The molecular weight excluding hydrogens is 331 g/mol. The smallest absolute Gasteiger partial charge is 0.171 e. The van der Waals surface area contributed by atoms with Crippen LogP contribution in [-0.2, 0) is 0 Å². The Morgan fingerprint density at radius 1 is 1.31 bits per heavy atom. The molecule has 2 nitrogen and oxygen atoms in total. The molecule has 1 fully saturated rings. The summed E-state index contributed by atoms with van der Waals surface area (Å²) >= 11 is 20.6. The van der Waals surface area contributed by atoms with Crippen molar-refractivity contribution in [2.45, 2.75) is 18.9 Å². The van der Waals surface area contributed by atoms with E-state index in [-0.39, 0.29) is 0 Å². The van der Waals surface area contributed by atoms with Crippen LogP contribution < -0.4 is 10.6 Å². The molecule has 1 saturated carbocycles. The minimum atomic E-state index is 0.507. The van der Waals surface area contributed by atoms with Gasteiger partial charge in [0.05, 0.1) is 15.7 Å². The van der Waals surface area contributed by atoms with Crippen molar-refractivity contribution < 1.29 is 0 Å². The predicted molar refractivity (Wildman–Crippen MR) is 76.5 cm³/mol. The maximum Gasteiger partial charge on any atom is 0.171 e. The van der Waals surface area contributed by atoms with Gasteiger partial charge in [-0.1, -0.05) is 39.1 Å². The van der Waals surface area contributed by atoms with Crippen LogP contribution in [0, 0.1) is 0 Å². The van der Waals surface area contributed by atoms with Gasteiger partial charge in [0.1, 0.15) is 0 Å². The SMILES string of the molecule is S=C(Nc1c(Cl)cc(Br)cc1Cl)NC1CC1. The van der Waals surface area contributed by atoms with Crippen molar-refractivity contribution in [2.75, 3.05) is 5.32 Å². The van der Waals surface area contributed by atoms with Gasteiger partial charge in [-0.3, -0.25) is 0 Å². The van der Waals surface area contributed by atoms with Crippen LogP contribution >= 0.6 is 51.3 Å². The topological polar surface area (TPSA) is 24.1 Å². The van der Waals surface area contributed by atoms with Crippen molar-refractivity contribution in [3.05, 3.63) is 26.7 Å². The van der Waals surface area contributed by atoms with Gasteiger partial charge < -0.3 is 10.6 Å². The predicted octanol–water partition coefficient (Wildman–Crippen LogP) is 4.20. The summed E-state index contributed by atoms with van der Waals surface area (Å²) in [6.45, 7) is 0. The average molecular weight is 340 g/mol. The Labute approximate surface area is 118 Å². The maximum atomic E-state index is 6.07. The van der Waals surface area contributed by atoms with Crippen LogP contribution in [-0.4, -0.2) is 11.2 Å². The molecule has 1 aliphatic carbocycles. The Balaban J connectivity index is 2.10. The van der Waals surface area contributed by atoms with Crippen LogP contribution in [0.5, 0.6) is 0 Å². The maximum absolute atomic E-state index is 6.07. The van der Waals surface area contributed by atoms with E-state index in [1.165, 1.54) is 12.8 Å². The highest BCUT2D eigenvalue weighted by molar-refractivity contribution is 9.10. The number of hydrogen-bond donors (Lipinski definition) is 2. The Hall–Kier alpha value is -0.0300. The Morgan fingerprint density at radius 3 is 2.38 bits per heavy atom. The Kier molecular flexibility index (Phi) is 3.95. The molecular formula is C10H9BrCl2N2S. The van der Waals surface area contributed by atoms with Gasteiger partial charge in [0.2, 0.25) is 0 Å². The third kappa shape index (κ3) is 3.23. The van der Waals surface area contributed by atoms with Crippen molar-refractivity contribution in [1.82, 2.24) is 5.32 Å². The van der Waals surface area contributed by atoms with E-state index in [1.54, 1.807) is 12.1 Å².